The molecule has 2 nitrogen and oxygen atoms in total. The molecule has 134 valence electrons. The van der Waals surface area contributed by atoms with Gasteiger partial charge in [0.25, 0.3) is 0 Å². The Morgan fingerprint density at radius 2 is 1.92 bits per heavy atom. The Morgan fingerprint density at radius 1 is 1.16 bits per heavy atom. The summed E-state index contributed by atoms with van der Waals surface area (Å²) in [6.45, 7) is 2.87. The fraction of sp³-hybridized carbons (Fsp3) is 0.400. The first-order chi connectivity index (χ1) is 11.9. The Morgan fingerprint density at radius 3 is 2.64 bits per heavy atom. The van der Waals surface area contributed by atoms with Crippen molar-refractivity contribution in [1.29, 1.82) is 0 Å². The summed E-state index contributed by atoms with van der Waals surface area (Å²) in [7, 11) is 1.64. The molecule has 2 aromatic rings. The summed E-state index contributed by atoms with van der Waals surface area (Å²) >= 11 is 0. The van der Waals surface area contributed by atoms with Crippen molar-refractivity contribution in [3.05, 3.63) is 65.2 Å². The highest BCUT2D eigenvalue weighted by molar-refractivity contribution is 5.33. The first kappa shape index (κ1) is 17.8. The summed E-state index contributed by atoms with van der Waals surface area (Å²) < 4.78 is 43.7. The highest BCUT2D eigenvalue weighted by Gasteiger charge is 2.39. The third kappa shape index (κ3) is 4.34. The molecule has 0 radical (unpaired) electrons. The molecular formula is C20H22F3NO. The number of alkyl halides is 3. The Balaban J connectivity index is 1.56. The van der Waals surface area contributed by atoms with E-state index in [0.717, 1.165) is 35.9 Å². The second-order valence-corrected chi connectivity index (χ2v) is 6.63. The van der Waals surface area contributed by atoms with E-state index in [1.807, 2.05) is 24.3 Å². The molecule has 0 bridgehead atoms. The van der Waals surface area contributed by atoms with Crippen LogP contribution in [0.5, 0.6) is 5.75 Å². The molecule has 1 saturated carbocycles. The maximum absolute atomic E-state index is 12.8. The van der Waals surface area contributed by atoms with Crippen LogP contribution in [0.2, 0.25) is 0 Å². The quantitative estimate of drug-likeness (QED) is 0.777. The van der Waals surface area contributed by atoms with Gasteiger partial charge in [-0.2, -0.15) is 13.2 Å². The predicted octanol–water partition coefficient (Wildman–Crippen LogP) is 5.17. The van der Waals surface area contributed by atoms with Gasteiger partial charge >= 0.3 is 6.18 Å². The molecule has 1 N–H and O–H groups in total. The van der Waals surface area contributed by atoms with Crippen molar-refractivity contribution in [2.45, 2.75) is 31.5 Å². The molecule has 25 heavy (non-hydrogen) atoms. The number of ether oxygens (including phenoxy) is 1. The monoisotopic (exact) mass is 349 g/mol. The summed E-state index contributed by atoms with van der Waals surface area (Å²) in [6.07, 6.45) is -3.35. The van der Waals surface area contributed by atoms with Crippen molar-refractivity contribution in [3.63, 3.8) is 0 Å². The molecule has 3 rings (SSSR count). The standard InChI is InChI=1S/C20H22F3NO/c1-13(14-5-4-8-18(10-14)25-2)24-12-16-11-19(16)15-6-3-7-17(9-15)20(21,22)23/h3-10,13,16,19,24H,11-12H2,1-2H3/t13-,16?,19?/m1/s1. The van der Waals surface area contributed by atoms with Crippen molar-refractivity contribution in [3.8, 4) is 5.75 Å². The number of hydrogen-bond donors (Lipinski definition) is 1. The van der Waals surface area contributed by atoms with Crippen LogP contribution in [-0.2, 0) is 6.18 Å². The highest BCUT2D eigenvalue weighted by atomic mass is 19.4. The molecule has 0 aliphatic heterocycles. The molecule has 1 fully saturated rings. The van der Waals surface area contributed by atoms with Gasteiger partial charge in [0.15, 0.2) is 0 Å². The zero-order valence-corrected chi connectivity index (χ0v) is 14.3. The summed E-state index contributed by atoms with van der Waals surface area (Å²) in [6, 6.07) is 13.8. The molecule has 0 spiro atoms. The average molecular weight is 349 g/mol. The fourth-order valence-corrected chi connectivity index (χ4v) is 3.18. The maximum atomic E-state index is 12.8. The van der Waals surface area contributed by atoms with E-state index in [-0.39, 0.29) is 12.0 Å². The van der Waals surface area contributed by atoms with Gasteiger partial charge in [-0.25, -0.2) is 0 Å². The zero-order valence-electron chi connectivity index (χ0n) is 14.3. The van der Waals surface area contributed by atoms with Gasteiger partial charge in [0.2, 0.25) is 0 Å². The summed E-state index contributed by atoms with van der Waals surface area (Å²) in [5.74, 6) is 1.42. The molecule has 0 saturated heterocycles. The second kappa shape index (κ2) is 7.08. The van der Waals surface area contributed by atoms with Crippen LogP contribution in [-0.4, -0.2) is 13.7 Å². The summed E-state index contributed by atoms with van der Waals surface area (Å²) in [5, 5.41) is 3.48. The van der Waals surface area contributed by atoms with Crippen LogP contribution in [0.1, 0.15) is 42.0 Å². The van der Waals surface area contributed by atoms with E-state index >= 15 is 0 Å². The van der Waals surface area contributed by atoms with E-state index in [1.165, 1.54) is 12.1 Å². The van der Waals surface area contributed by atoms with Gasteiger partial charge in [0.1, 0.15) is 5.75 Å². The van der Waals surface area contributed by atoms with Crippen molar-refractivity contribution in [2.75, 3.05) is 13.7 Å². The predicted molar refractivity (Wildman–Crippen MR) is 91.7 cm³/mol. The number of methoxy groups -OCH3 is 1. The molecule has 0 amide bonds. The van der Waals surface area contributed by atoms with Gasteiger partial charge in [-0.3, -0.25) is 0 Å². The Bertz CT molecular complexity index is 729. The van der Waals surface area contributed by atoms with Gasteiger partial charge in [0.05, 0.1) is 12.7 Å². The minimum Gasteiger partial charge on any atom is -0.497 e. The van der Waals surface area contributed by atoms with Crippen LogP contribution >= 0.6 is 0 Å². The van der Waals surface area contributed by atoms with Gasteiger partial charge < -0.3 is 10.1 Å². The minimum atomic E-state index is -4.28. The SMILES string of the molecule is COc1cccc([C@@H](C)NCC2CC2c2cccc(C(F)(F)F)c2)c1. The van der Waals surface area contributed by atoms with Crippen LogP contribution in [0.15, 0.2) is 48.5 Å². The lowest BCUT2D eigenvalue weighted by molar-refractivity contribution is -0.137. The Kier molecular flexibility index (Phi) is 5.04. The Labute approximate surface area is 146 Å². The molecular weight excluding hydrogens is 327 g/mol. The molecule has 2 unspecified atom stereocenters. The van der Waals surface area contributed by atoms with Gasteiger partial charge in [-0.1, -0.05) is 30.3 Å². The maximum Gasteiger partial charge on any atom is 0.416 e. The lowest BCUT2D eigenvalue weighted by Gasteiger charge is -2.15. The first-order valence-electron chi connectivity index (χ1n) is 8.43. The van der Waals surface area contributed by atoms with Gasteiger partial charge in [-0.05, 0) is 61.1 Å². The largest absolute Gasteiger partial charge is 0.497 e. The molecule has 1 aliphatic rings. The van der Waals surface area contributed by atoms with E-state index in [1.54, 1.807) is 13.2 Å². The number of hydrogen-bond acceptors (Lipinski definition) is 2. The van der Waals surface area contributed by atoms with Crippen LogP contribution in [0.4, 0.5) is 13.2 Å². The first-order valence-corrected chi connectivity index (χ1v) is 8.43. The molecule has 2 aromatic carbocycles. The Hall–Kier alpha value is -2.01. The summed E-state index contributed by atoms with van der Waals surface area (Å²) in [4.78, 5) is 0. The smallest absolute Gasteiger partial charge is 0.416 e. The minimum absolute atomic E-state index is 0.165. The lowest BCUT2D eigenvalue weighted by atomic mass is 10.0. The fourth-order valence-electron chi connectivity index (χ4n) is 3.18. The van der Waals surface area contributed by atoms with Crippen molar-refractivity contribution < 1.29 is 17.9 Å². The highest BCUT2D eigenvalue weighted by Crippen LogP contribution is 2.48. The van der Waals surface area contributed by atoms with Crippen molar-refractivity contribution in [2.24, 2.45) is 5.92 Å². The third-order valence-electron chi connectivity index (χ3n) is 4.84. The number of benzene rings is 2. The van der Waals surface area contributed by atoms with Crippen molar-refractivity contribution >= 4 is 0 Å². The van der Waals surface area contributed by atoms with Crippen LogP contribution < -0.4 is 10.1 Å². The van der Waals surface area contributed by atoms with E-state index in [9.17, 15) is 13.2 Å². The van der Waals surface area contributed by atoms with E-state index < -0.39 is 11.7 Å². The average Bonchev–Trinajstić information content (AvgIpc) is 3.39. The van der Waals surface area contributed by atoms with E-state index in [2.05, 4.69) is 12.2 Å². The van der Waals surface area contributed by atoms with Gasteiger partial charge in [0, 0.05) is 6.04 Å². The topological polar surface area (TPSA) is 21.3 Å². The van der Waals surface area contributed by atoms with Gasteiger partial charge in [-0.15, -0.1) is 0 Å². The molecule has 1 aliphatic carbocycles. The molecule has 0 heterocycles. The lowest BCUT2D eigenvalue weighted by Crippen LogP contribution is -2.21. The normalized spacial score (nSPS) is 21.0. The zero-order chi connectivity index (χ0) is 18.0. The molecule has 0 aromatic heterocycles. The van der Waals surface area contributed by atoms with Crippen LogP contribution in [0.3, 0.4) is 0 Å². The summed E-state index contributed by atoms with van der Waals surface area (Å²) in [5.41, 5.74) is 1.36. The number of halogens is 3. The molecule has 3 atom stereocenters. The van der Waals surface area contributed by atoms with Crippen LogP contribution in [0.25, 0.3) is 0 Å². The van der Waals surface area contributed by atoms with E-state index in [4.69, 9.17) is 4.74 Å². The number of nitrogens with one attached hydrogen (secondary N) is 1. The van der Waals surface area contributed by atoms with Crippen molar-refractivity contribution in [1.82, 2.24) is 5.32 Å². The second-order valence-electron chi connectivity index (χ2n) is 6.63. The number of rotatable bonds is 6. The van der Waals surface area contributed by atoms with E-state index in [0.29, 0.717) is 5.92 Å². The van der Waals surface area contributed by atoms with Crippen LogP contribution in [0, 0.1) is 5.92 Å². The third-order valence-corrected chi connectivity index (χ3v) is 4.84. The molecule has 5 heteroatoms.